The third kappa shape index (κ3) is 5.11. The molecule has 0 bridgehead atoms. The number of sulfone groups is 1. The van der Waals surface area contributed by atoms with Gasteiger partial charge in [-0.3, -0.25) is 4.57 Å². The molecule has 0 saturated heterocycles. The first-order valence-electron chi connectivity index (χ1n) is 9.57. The lowest BCUT2D eigenvalue weighted by Crippen LogP contribution is -2.10. The van der Waals surface area contributed by atoms with Crippen LogP contribution in [0.3, 0.4) is 0 Å². The van der Waals surface area contributed by atoms with E-state index in [1.165, 1.54) is 11.8 Å². The van der Waals surface area contributed by atoms with Crippen LogP contribution in [0.5, 0.6) is 0 Å². The molecule has 2 heterocycles. The standard InChI is InChI=1S/C22H20BrN3O3S2/c1-16-20(11-12-29-16)21-24-25-22(26(21)15-17-5-3-2-4-6-17)30-13-14-31(27,28)19-9-7-18(23)8-10-19/h2-12H,13-15H2,1H3. The van der Waals surface area contributed by atoms with E-state index < -0.39 is 9.84 Å². The maximum atomic E-state index is 12.7. The number of benzene rings is 2. The van der Waals surface area contributed by atoms with E-state index in [1.807, 2.05) is 47.9 Å². The Balaban J connectivity index is 1.56. The summed E-state index contributed by atoms with van der Waals surface area (Å²) in [5.41, 5.74) is 1.98. The van der Waals surface area contributed by atoms with Crippen LogP contribution in [0, 0.1) is 6.92 Å². The van der Waals surface area contributed by atoms with E-state index in [2.05, 4.69) is 26.1 Å². The molecule has 0 atom stereocenters. The van der Waals surface area contributed by atoms with Crippen molar-refractivity contribution in [3.8, 4) is 11.4 Å². The van der Waals surface area contributed by atoms with E-state index in [1.54, 1.807) is 30.5 Å². The molecule has 160 valence electrons. The zero-order valence-electron chi connectivity index (χ0n) is 16.7. The third-order valence-corrected chi connectivity index (χ3v) is 8.24. The second-order valence-electron chi connectivity index (χ2n) is 6.89. The molecule has 2 aromatic carbocycles. The molecule has 2 aromatic heterocycles. The molecular weight excluding hydrogens is 498 g/mol. The molecule has 0 aliphatic rings. The summed E-state index contributed by atoms with van der Waals surface area (Å²) in [6.45, 7) is 2.46. The Kier molecular flexibility index (Phi) is 6.64. The van der Waals surface area contributed by atoms with Gasteiger partial charge in [0.05, 0.1) is 29.0 Å². The molecular formula is C22H20BrN3O3S2. The molecule has 4 aromatic rings. The summed E-state index contributed by atoms with van der Waals surface area (Å²) in [6.07, 6.45) is 1.63. The lowest BCUT2D eigenvalue weighted by atomic mass is 10.2. The summed E-state index contributed by atoms with van der Waals surface area (Å²) in [7, 11) is -3.38. The molecule has 0 aliphatic carbocycles. The number of hydrogen-bond acceptors (Lipinski definition) is 6. The van der Waals surface area contributed by atoms with Gasteiger partial charge in [-0.1, -0.05) is 58.0 Å². The highest BCUT2D eigenvalue weighted by Crippen LogP contribution is 2.28. The quantitative estimate of drug-likeness (QED) is 0.298. The van der Waals surface area contributed by atoms with Crippen LogP contribution in [0.1, 0.15) is 11.3 Å². The summed E-state index contributed by atoms with van der Waals surface area (Å²) >= 11 is 4.72. The summed E-state index contributed by atoms with van der Waals surface area (Å²) < 4.78 is 33.6. The molecule has 0 fully saturated rings. The molecule has 31 heavy (non-hydrogen) atoms. The minimum Gasteiger partial charge on any atom is -0.469 e. The average molecular weight is 518 g/mol. The highest BCUT2D eigenvalue weighted by molar-refractivity contribution is 9.10. The first-order valence-corrected chi connectivity index (χ1v) is 13.0. The first-order chi connectivity index (χ1) is 14.9. The Morgan fingerprint density at radius 3 is 2.45 bits per heavy atom. The molecule has 6 nitrogen and oxygen atoms in total. The van der Waals surface area contributed by atoms with E-state index in [9.17, 15) is 8.42 Å². The van der Waals surface area contributed by atoms with Crippen LogP contribution < -0.4 is 0 Å². The van der Waals surface area contributed by atoms with Crippen LogP contribution in [0.4, 0.5) is 0 Å². The van der Waals surface area contributed by atoms with E-state index in [4.69, 9.17) is 4.42 Å². The molecule has 0 aliphatic heterocycles. The van der Waals surface area contributed by atoms with Gasteiger partial charge in [-0.05, 0) is 42.8 Å². The summed E-state index contributed by atoms with van der Waals surface area (Å²) in [5, 5.41) is 9.39. The predicted molar refractivity (Wildman–Crippen MR) is 125 cm³/mol. The van der Waals surface area contributed by atoms with Crippen LogP contribution in [0.15, 0.2) is 85.9 Å². The Labute approximate surface area is 193 Å². The minimum absolute atomic E-state index is 0.0115. The van der Waals surface area contributed by atoms with Crippen LogP contribution in [-0.4, -0.2) is 34.7 Å². The topological polar surface area (TPSA) is 78.0 Å². The molecule has 0 N–H and O–H groups in total. The van der Waals surface area contributed by atoms with Gasteiger partial charge < -0.3 is 4.42 Å². The molecule has 0 unspecified atom stereocenters. The van der Waals surface area contributed by atoms with Gasteiger partial charge >= 0.3 is 0 Å². The Morgan fingerprint density at radius 1 is 1.03 bits per heavy atom. The normalized spacial score (nSPS) is 11.7. The van der Waals surface area contributed by atoms with Crippen molar-refractivity contribution in [1.29, 1.82) is 0 Å². The van der Waals surface area contributed by atoms with Gasteiger partial charge in [-0.15, -0.1) is 10.2 Å². The minimum atomic E-state index is -3.38. The summed E-state index contributed by atoms with van der Waals surface area (Å²) in [5.74, 6) is 1.84. The fourth-order valence-electron chi connectivity index (χ4n) is 3.12. The van der Waals surface area contributed by atoms with Gasteiger partial charge in [-0.25, -0.2) is 8.42 Å². The first kappa shape index (κ1) is 21.9. The zero-order valence-corrected chi connectivity index (χ0v) is 20.0. The number of aromatic nitrogens is 3. The lowest BCUT2D eigenvalue weighted by Gasteiger charge is -2.10. The molecule has 9 heteroatoms. The fourth-order valence-corrected chi connectivity index (χ4v) is 5.97. The van der Waals surface area contributed by atoms with Crippen LogP contribution in [-0.2, 0) is 16.4 Å². The van der Waals surface area contributed by atoms with Crippen molar-refractivity contribution >= 4 is 37.5 Å². The van der Waals surface area contributed by atoms with Gasteiger partial charge in [0.15, 0.2) is 20.8 Å². The molecule has 0 spiro atoms. The van der Waals surface area contributed by atoms with Crippen molar-refractivity contribution in [3.05, 3.63) is 82.7 Å². The summed E-state index contributed by atoms with van der Waals surface area (Å²) in [4.78, 5) is 0.316. The van der Waals surface area contributed by atoms with E-state index in [0.29, 0.717) is 28.2 Å². The smallest absolute Gasteiger partial charge is 0.191 e. The van der Waals surface area contributed by atoms with Crippen molar-refractivity contribution < 1.29 is 12.8 Å². The van der Waals surface area contributed by atoms with Crippen molar-refractivity contribution in [3.63, 3.8) is 0 Å². The second-order valence-corrected chi connectivity index (χ2v) is 11.0. The largest absolute Gasteiger partial charge is 0.469 e. The number of thioether (sulfide) groups is 1. The number of aryl methyl sites for hydroxylation is 1. The number of halogens is 1. The fraction of sp³-hybridized carbons (Fsp3) is 0.182. The molecule has 0 radical (unpaired) electrons. The number of rotatable bonds is 8. The van der Waals surface area contributed by atoms with Gasteiger partial charge in [-0.2, -0.15) is 0 Å². The van der Waals surface area contributed by atoms with Gasteiger partial charge in [0.25, 0.3) is 0 Å². The van der Waals surface area contributed by atoms with Gasteiger partial charge in [0.2, 0.25) is 0 Å². The highest BCUT2D eigenvalue weighted by Gasteiger charge is 2.20. The number of nitrogens with zero attached hydrogens (tertiary/aromatic N) is 3. The zero-order chi connectivity index (χ0) is 21.8. The lowest BCUT2D eigenvalue weighted by molar-refractivity contribution is 0.534. The molecule has 0 saturated carbocycles. The van der Waals surface area contributed by atoms with Crippen molar-refractivity contribution in [2.75, 3.05) is 11.5 Å². The van der Waals surface area contributed by atoms with Crippen LogP contribution >= 0.6 is 27.7 Å². The third-order valence-electron chi connectivity index (χ3n) is 4.76. The van der Waals surface area contributed by atoms with Crippen molar-refractivity contribution in [2.45, 2.75) is 23.5 Å². The monoisotopic (exact) mass is 517 g/mol. The Hall–Kier alpha value is -2.36. The number of furan rings is 1. The Morgan fingerprint density at radius 2 is 1.77 bits per heavy atom. The van der Waals surface area contributed by atoms with E-state index in [-0.39, 0.29) is 5.75 Å². The van der Waals surface area contributed by atoms with Gasteiger partial charge in [0.1, 0.15) is 5.76 Å². The highest BCUT2D eigenvalue weighted by atomic mass is 79.9. The average Bonchev–Trinajstić information content (AvgIpc) is 3.35. The van der Waals surface area contributed by atoms with E-state index in [0.717, 1.165) is 21.4 Å². The van der Waals surface area contributed by atoms with Crippen molar-refractivity contribution in [2.24, 2.45) is 0 Å². The Bertz CT molecular complexity index is 1270. The summed E-state index contributed by atoms with van der Waals surface area (Å²) in [6, 6.07) is 18.6. The predicted octanol–water partition coefficient (Wildman–Crippen LogP) is 5.22. The SMILES string of the molecule is Cc1occc1-c1nnc(SCCS(=O)(=O)c2ccc(Br)cc2)n1Cc1ccccc1. The van der Waals surface area contributed by atoms with Crippen LogP contribution in [0.2, 0.25) is 0 Å². The van der Waals surface area contributed by atoms with E-state index >= 15 is 0 Å². The molecule has 0 amide bonds. The van der Waals surface area contributed by atoms with Crippen molar-refractivity contribution in [1.82, 2.24) is 14.8 Å². The van der Waals surface area contributed by atoms with Gasteiger partial charge in [0, 0.05) is 10.2 Å². The molecule has 4 rings (SSSR count). The maximum absolute atomic E-state index is 12.7. The number of hydrogen-bond donors (Lipinski definition) is 0. The maximum Gasteiger partial charge on any atom is 0.191 e. The second kappa shape index (κ2) is 9.42. The van der Waals surface area contributed by atoms with Crippen LogP contribution in [0.25, 0.3) is 11.4 Å².